The molecule has 0 radical (unpaired) electrons. The van der Waals surface area contributed by atoms with Gasteiger partial charge in [-0.05, 0) is 6.07 Å². The molecule has 1 aromatic rings. The monoisotopic (exact) mass is 246 g/mol. The molecule has 1 aromatic heterocycles. The minimum absolute atomic E-state index is 0.276. The van der Waals surface area contributed by atoms with Crippen LogP contribution in [0, 0.1) is 0 Å². The summed E-state index contributed by atoms with van der Waals surface area (Å²) >= 11 is 1.36. The average molecular weight is 246 g/mol. The van der Waals surface area contributed by atoms with Crippen LogP contribution < -0.4 is 11.3 Å². The van der Waals surface area contributed by atoms with Crippen LogP contribution in [0.5, 0.6) is 0 Å². The van der Waals surface area contributed by atoms with Crippen LogP contribution >= 0.6 is 11.8 Å². The second-order valence-electron chi connectivity index (χ2n) is 3.08. The molecule has 0 aliphatic carbocycles. The highest BCUT2D eigenvalue weighted by molar-refractivity contribution is 7.98. The van der Waals surface area contributed by atoms with E-state index in [4.69, 9.17) is 20.5 Å². The van der Waals surface area contributed by atoms with Crippen LogP contribution in [0.4, 0.5) is 0 Å². The lowest BCUT2D eigenvalue weighted by Crippen LogP contribution is -2.30. The summed E-state index contributed by atoms with van der Waals surface area (Å²) in [5.74, 6) is 5.91. The molecule has 0 fully saturated rings. The molecule has 0 spiro atoms. The Morgan fingerprint density at radius 2 is 2.44 bits per heavy atom. The van der Waals surface area contributed by atoms with Gasteiger partial charge in [0.1, 0.15) is 5.76 Å². The maximum Gasteiger partial charge on any atom is 0.268 e. The summed E-state index contributed by atoms with van der Waals surface area (Å²) in [6.45, 7) is -0.276. The molecule has 16 heavy (non-hydrogen) atoms. The molecule has 0 bridgehead atoms. The number of carbonyl (C=O) groups excluding carboxylic acids is 1. The van der Waals surface area contributed by atoms with Gasteiger partial charge in [-0.3, -0.25) is 10.2 Å². The van der Waals surface area contributed by atoms with Crippen LogP contribution in [0.15, 0.2) is 16.7 Å². The Morgan fingerprint density at radius 3 is 3.06 bits per heavy atom. The Hall–Kier alpha value is -1.02. The summed E-state index contributed by atoms with van der Waals surface area (Å²) in [7, 11) is 0. The van der Waals surface area contributed by atoms with Crippen LogP contribution in [-0.2, 0) is 5.75 Å². The van der Waals surface area contributed by atoms with Gasteiger partial charge in [-0.25, -0.2) is 5.84 Å². The molecule has 6 nitrogen and oxygen atoms in total. The number of hydrogen-bond donors (Lipinski definition) is 4. The molecular formula is C9H14N2O4S. The van der Waals surface area contributed by atoms with E-state index in [1.54, 1.807) is 0 Å². The molecule has 0 saturated heterocycles. The van der Waals surface area contributed by atoms with Crippen LogP contribution in [0.1, 0.15) is 16.1 Å². The standard InChI is InChI=1S/C9H14N2O4S/c10-11-9(14)7-1-2-15-8(7)5-16-4-6(13)3-12/h1-2,6,12-13H,3-5,10H2,(H,11,14). The summed E-state index contributed by atoms with van der Waals surface area (Å²) in [6.07, 6.45) is 0.648. The maximum absolute atomic E-state index is 11.3. The number of hydrazine groups is 1. The Kier molecular flexibility index (Phi) is 5.33. The Morgan fingerprint density at radius 1 is 1.69 bits per heavy atom. The predicted octanol–water partition coefficient (Wildman–Crippen LogP) is -0.531. The Labute approximate surface area is 96.8 Å². The number of nitrogens with one attached hydrogen (secondary N) is 1. The first-order valence-corrected chi connectivity index (χ1v) is 5.78. The number of nitrogen functional groups attached to an aromatic ring is 1. The maximum atomic E-state index is 11.3. The van der Waals surface area contributed by atoms with Crippen LogP contribution in [0.25, 0.3) is 0 Å². The lowest BCUT2D eigenvalue weighted by atomic mass is 10.2. The summed E-state index contributed by atoms with van der Waals surface area (Å²) in [5.41, 5.74) is 2.40. The normalized spacial score (nSPS) is 12.4. The van der Waals surface area contributed by atoms with E-state index in [1.165, 1.54) is 24.1 Å². The zero-order valence-corrected chi connectivity index (χ0v) is 9.37. The van der Waals surface area contributed by atoms with Gasteiger partial charge in [-0.2, -0.15) is 11.8 Å². The molecule has 1 heterocycles. The van der Waals surface area contributed by atoms with Crippen molar-refractivity contribution in [2.45, 2.75) is 11.9 Å². The van der Waals surface area contributed by atoms with E-state index in [9.17, 15) is 4.79 Å². The molecular weight excluding hydrogens is 232 g/mol. The first-order chi connectivity index (χ1) is 7.69. The van der Waals surface area contributed by atoms with E-state index >= 15 is 0 Å². The lowest BCUT2D eigenvalue weighted by Gasteiger charge is -2.05. The van der Waals surface area contributed by atoms with Gasteiger partial charge in [0.2, 0.25) is 0 Å². The van der Waals surface area contributed by atoms with Crippen molar-refractivity contribution in [2.75, 3.05) is 12.4 Å². The number of nitrogens with two attached hydrogens (primary N) is 1. The highest BCUT2D eigenvalue weighted by Crippen LogP contribution is 2.18. The quantitative estimate of drug-likeness (QED) is 0.305. The van der Waals surface area contributed by atoms with Crippen molar-refractivity contribution in [3.63, 3.8) is 0 Å². The number of hydrogen-bond acceptors (Lipinski definition) is 6. The Bertz CT molecular complexity index is 342. The van der Waals surface area contributed by atoms with Crippen LogP contribution in [0.3, 0.4) is 0 Å². The van der Waals surface area contributed by atoms with Crippen molar-refractivity contribution in [2.24, 2.45) is 5.84 Å². The number of carbonyl (C=O) groups is 1. The van der Waals surface area contributed by atoms with Crippen molar-refractivity contribution in [3.8, 4) is 0 Å². The number of aliphatic hydroxyl groups excluding tert-OH is 2. The second kappa shape index (κ2) is 6.54. The van der Waals surface area contributed by atoms with Crippen LogP contribution in [0.2, 0.25) is 0 Å². The van der Waals surface area contributed by atoms with Gasteiger partial charge >= 0.3 is 0 Å². The van der Waals surface area contributed by atoms with E-state index in [2.05, 4.69) is 0 Å². The largest absolute Gasteiger partial charge is 0.468 e. The van der Waals surface area contributed by atoms with E-state index < -0.39 is 12.0 Å². The molecule has 0 aromatic carbocycles. The van der Waals surface area contributed by atoms with Gasteiger partial charge in [0.15, 0.2) is 0 Å². The molecule has 7 heteroatoms. The second-order valence-corrected chi connectivity index (χ2v) is 4.11. The van der Waals surface area contributed by atoms with E-state index in [1.807, 2.05) is 5.43 Å². The van der Waals surface area contributed by atoms with Crippen molar-refractivity contribution in [1.29, 1.82) is 0 Å². The third-order valence-electron chi connectivity index (χ3n) is 1.88. The topological polar surface area (TPSA) is 109 Å². The summed E-state index contributed by atoms with van der Waals surface area (Å²) in [5, 5.41) is 17.7. The minimum Gasteiger partial charge on any atom is -0.468 e. The Balaban J connectivity index is 2.48. The number of furan rings is 1. The highest BCUT2D eigenvalue weighted by atomic mass is 32.2. The van der Waals surface area contributed by atoms with Crippen molar-refractivity contribution in [3.05, 3.63) is 23.7 Å². The van der Waals surface area contributed by atoms with E-state index in [0.29, 0.717) is 22.8 Å². The first kappa shape index (κ1) is 13.0. The van der Waals surface area contributed by atoms with Gasteiger partial charge in [0, 0.05) is 5.75 Å². The fourth-order valence-corrected chi connectivity index (χ4v) is 1.98. The fraction of sp³-hybridized carbons (Fsp3) is 0.444. The van der Waals surface area contributed by atoms with Gasteiger partial charge in [0.05, 0.1) is 30.3 Å². The van der Waals surface area contributed by atoms with Crippen molar-refractivity contribution < 1.29 is 19.4 Å². The minimum atomic E-state index is -0.758. The molecule has 0 aliphatic heterocycles. The third-order valence-corrected chi connectivity index (χ3v) is 2.96. The van der Waals surface area contributed by atoms with Gasteiger partial charge in [-0.1, -0.05) is 0 Å². The van der Waals surface area contributed by atoms with E-state index in [-0.39, 0.29) is 6.61 Å². The molecule has 0 aliphatic rings. The number of rotatable bonds is 6. The SMILES string of the molecule is NNC(=O)c1ccoc1CSCC(O)CO. The number of amides is 1. The molecule has 5 N–H and O–H groups in total. The zero-order valence-electron chi connectivity index (χ0n) is 8.55. The molecule has 1 rings (SSSR count). The fourth-order valence-electron chi connectivity index (χ4n) is 1.07. The number of thioether (sulfide) groups is 1. The van der Waals surface area contributed by atoms with Crippen molar-refractivity contribution in [1.82, 2.24) is 5.43 Å². The molecule has 1 amide bonds. The first-order valence-electron chi connectivity index (χ1n) is 4.63. The third kappa shape index (κ3) is 3.53. The predicted molar refractivity (Wildman–Crippen MR) is 59.6 cm³/mol. The highest BCUT2D eigenvalue weighted by Gasteiger charge is 2.13. The van der Waals surface area contributed by atoms with Gasteiger partial charge in [0.25, 0.3) is 5.91 Å². The zero-order chi connectivity index (χ0) is 12.0. The van der Waals surface area contributed by atoms with Gasteiger partial charge in [-0.15, -0.1) is 0 Å². The smallest absolute Gasteiger partial charge is 0.268 e. The van der Waals surface area contributed by atoms with Crippen LogP contribution in [-0.4, -0.2) is 34.6 Å². The summed E-state index contributed by atoms with van der Waals surface area (Å²) in [4.78, 5) is 11.3. The molecule has 1 atom stereocenters. The lowest BCUT2D eigenvalue weighted by molar-refractivity contribution is 0.0952. The molecule has 90 valence electrons. The number of aliphatic hydroxyl groups is 2. The molecule has 0 saturated carbocycles. The van der Waals surface area contributed by atoms with Gasteiger partial charge < -0.3 is 14.6 Å². The van der Waals surface area contributed by atoms with Crippen molar-refractivity contribution >= 4 is 17.7 Å². The summed E-state index contributed by atoms with van der Waals surface area (Å²) < 4.78 is 5.12. The van der Waals surface area contributed by atoms with E-state index in [0.717, 1.165) is 0 Å². The average Bonchev–Trinajstić information content (AvgIpc) is 2.76. The molecule has 1 unspecified atom stereocenters. The summed E-state index contributed by atoms with van der Waals surface area (Å²) in [6, 6.07) is 1.53.